The first kappa shape index (κ1) is 21.8. The number of nitrogens with zero attached hydrogens (tertiary/aromatic N) is 3. The molecule has 4 N–H and O–H groups in total. The molecule has 1 aliphatic carbocycles. The van der Waals surface area contributed by atoms with E-state index in [1.54, 1.807) is 19.1 Å². The smallest absolute Gasteiger partial charge is 0.431 e. The van der Waals surface area contributed by atoms with E-state index in [2.05, 4.69) is 10.1 Å². The summed E-state index contributed by atoms with van der Waals surface area (Å²) in [5.41, 5.74) is 5.63. The van der Waals surface area contributed by atoms with E-state index in [0.717, 1.165) is 38.5 Å². The minimum Gasteiger partial charge on any atom is -0.431 e. The predicted molar refractivity (Wildman–Crippen MR) is 110 cm³/mol. The highest BCUT2D eigenvalue weighted by Gasteiger charge is 2.53. The zero-order valence-corrected chi connectivity index (χ0v) is 17.6. The van der Waals surface area contributed by atoms with Crippen molar-refractivity contribution in [1.82, 2.24) is 14.6 Å². The third kappa shape index (κ3) is 4.46. The Morgan fingerprint density at radius 2 is 1.97 bits per heavy atom. The van der Waals surface area contributed by atoms with E-state index < -0.39 is 30.1 Å². The summed E-state index contributed by atoms with van der Waals surface area (Å²) in [6, 6.07) is 3.42. The van der Waals surface area contributed by atoms with E-state index in [0.29, 0.717) is 11.2 Å². The zero-order valence-electron chi connectivity index (χ0n) is 17.6. The highest BCUT2D eigenvalue weighted by molar-refractivity contribution is 5.65. The molecule has 0 unspecified atom stereocenters. The van der Waals surface area contributed by atoms with Gasteiger partial charge in [0.25, 0.3) is 0 Å². The second kappa shape index (κ2) is 8.97. The van der Waals surface area contributed by atoms with Crippen molar-refractivity contribution in [3.63, 3.8) is 0 Å². The van der Waals surface area contributed by atoms with Gasteiger partial charge < -0.3 is 30.2 Å². The average Bonchev–Trinajstić information content (AvgIpc) is 3.25. The normalized spacial score (nSPS) is 30.1. The number of aliphatic hydroxyl groups is 2. The Labute approximate surface area is 180 Å². The molecule has 0 aromatic carbocycles. The maximum absolute atomic E-state index is 12.2. The van der Waals surface area contributed by atoms with Crippen molar-refractivity contribution >= 4 is 17.5 Å². The molecule has 1 aliphatic heterocycles. The standard InChI is InChI=1S/C21H30N4O6/c1-21(11-29-20(28)30-13-7-5-3-2-4-6-8-13)18(27)16(26)17(31-21)14-9-10-15-19(22)23-12-24-25(14)15/h9-10,12-13,16-18,26-27H,2-8,11H2,1H3,(H2,22,23,24)/t16-,17-,18-,21+/m0/s1. The lowest BCUT2D eigenvalue weighted by atomic mass is 9.97. The van der Waals surface area contributed by atoms with Crippen molar-refractivity contribution < 1.29 is 29.2 Å². The number of ether oxygens (including phenoxy) is 3. The molecule has 2 aliphatic rings. The molecule has 2 fully saturated rings. The van der Waals surface area contributed by atoms with Gasteiger partial charge in [0.2, 0.25) is 0 Å². The maximum Gasteiger partial charge on any atom is 0.508 e. The number of nitrogens with two attached hydrogens (primary N) is 1. The predicted octanol–water partition coefficient (Wildman–Crippen LogP) is 2.13. The molecule has 1 saturated carbocycles. The van der Waals surface area contributed by atoms with Gasteiger partial charge >= 0.3 is 6.16 Å². The van der Waals surface area contributed by atoms with Gasteiger partial charge in [-0.2, -0.15) is 5.10 Å². The van der Waals surface area contributed by atoms with E-state index in [4.69, 9.17) is 19.9 Å². The van der Waals surface area contributed by atoms with Crippen LogP contribution in [0.1, 0.15) is 63.7 Å². The Hall–Kier alpha value is -2.43. The van der Waals surface area contributed by atoms with Gasteiger partial charge in [-0.05, 0) is 44.7 Å². The van der Waals surface area contributed by atoms with Gasteiger partial charge in [0, 0.05) is 0 Å². The Morgan fingerprint density at radius 1 is 1.26 bits per heavy atom. The van der Waals surface area contributed by atoms with Crippen LogP contribution in [0.3, 0.4) is 0 Å². The summed E-state index contributed by atoms with van der Waals surface area (Å²) in [5, 5.41) is 25.4. The molecule has 31 heavy (non-hydrogen) atoms. The number of hydrogen-bond acceptors (Lipinski definition) is 9. The lowest BCUT2D eigenvalue weighted by Crippen LogP contribution is -2.45. The molecule has 0 bridgehead atoms. The second-order valence-electron chi connectivity index (χ2n) is 8.61. The third-order valence-corrected chi connectivity index (χ3v) is 6.25. The number of carbonyl (C=O) groups excluding carboxylic acids is 1. The fourth-order valence-electron chi connectivity index (χ4n) is 4.41. The van der Waals surface area contributed by atoms with E-state index >= 15 is 0 Å². The molecule has 10 nitrogen and oxygen atoms in total. The summed E-state index contributed by atoms with van der Waals surface area (Å²) in [5.74, 6) is 0.289. The molecule has 2 aromatic heterocycles. The van der Waals surface area contributed by atoms with Crippen LogP contribution in [-0.4, -0.2) is 61.5 Å². The molecule has 2 aromatic rings. The van der Waals surface area contributed by atoms with Gasteiger partial charge in [-0.25, -0.2) is 14.3 Å². The number of rotatable bonds is 4. The third-order valence-electron chi connectivity index (χ3n) is 6.25. The van der Waals surface area contributed by atoms with Gasteiger partial charge in [0.15, 0.2) is 5.82 Å². The SMILES string of the molecule is C[C@]1(COC(=O)OC2CCCCCCC2)O[C@@H](c2ccc3c(N)ncnn23)[C@H](O)[C@@H]1O. The summed E-state index contributed by atoms with van der Waals surface area (Å²) in [4.78, 5) is 16.2. The van der Waals surface area contributed by atoms with Crippen molar-refractivity contribution in [3.05, 3.63) is 24.2 Å². The zero-order chi connectivity index (χ0) is 22.0. The van der Waals surface area contributed by atoms with Gasteiger partial charge in [-0.15, -0.1) is 0 Å². The van der Waals surface area contributed by atoms with Crippen molar-refractivity contribution in [2.75, 3.05) is 12.3 Å². The molecule has 3 heterocycles. The highest BCUT2D eigenvalue weighted by atomic mass is 16.7. The van der Waals surface area contributed by atoms with Crippen LogP contribution in [0, 0.1) is 0 Å². The summed E-state index contributed by atoms with van der Waals surface area (Å²) in [7, 11) is 0. The monoisotopic (exact) mass is 434 g/mol. The van der Waals surface area contributed by atoms with Crippen molar-refractivity contribution in [2.24, 2.45) is 0 Å². The van der Waals surface area contributed by atoms with Gasteiger partial charge in [0.1, 0.15) is 48.5 Å². The first-order valence-corrected chi connectivity index (χ1v) is 10.8. The van der Waals surface area contributed by atoms with E-state index in [1.165, 1.54) is 17.3 Å². The summed E-state index contributed by atoms with van der Waals surface area (Å²) < 4.78 is 18.3. The summed E-state index contributed by atoms with van der Waals surface area (Å²) in [6.07, 6.45) is 4.21. The quantitative estimate of drug-likeness (QED) is 0.617. The number of fused-ring (bicyclic) bond motifs is 1. The lowest BCUT2D eigenvalue weighted by molar-refractivity contribution is -0.112. The highest BCUT2D eigenvalue weighted by Crippen LogP contribution is 2.40. The largest absolute Gasteiger partial charge is 0.508 e. The van der Waals surface area contributed by atoms with Crippen molar-refractivity contribution in [3.8, 4) is 0 Å². The van der Waals surface area contributed by atoms with Crippen LogP contribution in [0.4, 0.5) is 10.6 Å². The molecule has 0 amide bonds. The Morgan fingerprint density at radius 3 is 2.71 bits per heavy atom. The van der Waals surface area contributed by atoms with Gasteiger partial charge in [-0.3, -0.25) is 0 Å². The molecule has 170 valence electrons. The van der Waals surface area contributed by atoms with E-state index in [9.17, 15) is 15.0 Å². The number of anilines is 1. The Balaban J connectivity index is 1.40. The number of aromatic nitrogens is 3. The second-order valence-corrected chi connectivity index (χ2v) is 8.61. The number of carbonyl (C=O) groups is 1. The number of nitrogen functional groups attached to an aromatic ring is 1. The van der Waals surface area contributed by atoms with Crippen LogP contribution in [-0.2, 0) is 14.2 Å². The minimum atomic E-state index is -1.31. The van der Waals surface area contributed by atoms with Crippen LogP contribution < -0.4 is 5.73 Å². The van der Waals surface area contributed by atoms with Crippen LogP contribution in [0.2, 0.25) is 0 Å². The number of aliphatic hydroxyl groups excluding tert-OH is 2. The average molecular weight is 434 g/mol. The lowest BCUT2D eigenvalue weighted by Gasteiger charge is -2.27. The molecular formula is C21H30N4O6. The van der Waals surface area contributed by atoms with Crippen LogP contribution >= 0.6 is 0 Å². The van der Waals surface area contributed by atoms with E-state index in [1.807, 2.05) is 0 Å². The first-order chi connectivity index (χ1) is 14.9. The molecule has 0 radical (unpaired) electrons. The molecule has 1 saturated heterocycles. The molecule has 0 spiro atoms. The number of hydrogen-bond donors (Lipinski definition) is 3. The topological polar surface area (TPSA) is 141 Å². The molecule has 4 atom stereocenters. The molecular weight excluding hydrogens is 404 g/mol. The van der Waals surface area contributed by atoms with Crippen LogP contribution in [0.15, 0.2) is 18.5 Å². The van der Waals surface area contributed by atoms with Gasteiger partial charge in [-0.1, -0.05) is 19.3 Å². The molecule has 4 rings (SSSR count). The van der Waals surface area contributed by atoms with Crippen LogP contribution in [0.25, 0.3) is 5.52 Å². The van der Waals surface area contributed by atoms with E-state index in [-0.39, 0.29) is 18.5 Å². The Bertz CT molecular complexity index is 912. The fraction of sp³-hybridized carbons (Fsp3) is 0.667. The first-order valence-electron chi connectivity index (χ1n) is 10.8. The Kier molecular flexibility index (Phi) is 6.31. The summed E-state index contributed by atoms with van der Waals surface area (Å²) >= 11 is 0. The molecule has 10 heteroatoms. The van der Waals surface area contributed by atoms with Crippen molar-refractivity contribution in [2.45, 2.75) is 81.9 Å². The van der Waals surface area contributed by atoms with Gasteiger partial charge in [0.05, 0.1) is 5.69 Å². The fourth-order valence-corrected chi connectivity index (χ4v) is 4.41. The summed E-state index contributed by atoms with van der Waals surface area (Å²) in [6.45, 7) is 1.33. The minimum absolute atomic E-state index is 0.148. The van der Waals surface area contributed by atoms with Crippen molar-refractivity contribution in [1.29, 1.82) is 0 Å². The van der Waals surface area contributed by atoms with Crippen LogP contribution in [0.5, 0.6) is 0 Å². The maximum atomic E-state index is 12.2.